The van der Waals surface area contributed by atoms with Crippen LogP contribution in [0.3, 0.4) is 0 Å². The summed E-state index contributed by atoms with van der Waals surface area (Å²) >= 11 is 0. The Bertz CT molecular complexity index is 590. The molecule has 0 amide bonds. The highest BCUT2D eigenvalue weighted by atomic mass is 14.2. The van der Waals surface area contributed by atoms with Crippen molar-refractivity contribution in [3.05, 3.63) is 69.8 Å². The molecule has 0 heteroatoms. The summed E-state index contributed by atoms with van der Waals surface area (Å²) in [7, 11) is 0. The molecule has 98 valence electrons. The Hall–Kier alpha value is -1.56. The van der Waals surface area contributed by atoms with Crippen LogP contribution in [0.25, 0.3) is 0 Å². The lowest BCUT2D eigenvalue weighted by Gasteiger charge is -2.18. The third kappa shape index (κ3) is 2.45. The Balaban J connectivity index is 2.10. The molecule has 2 aromatic carbocycles. The van der Waals surface area contributed by atoms with Gasteiger partial charge in [0.15, 0.2) is 0 Å². The fraction of sp³-hybridized carbons (Fsp3) is 0.368. The van der Waals surface area contributed by atoms with Crippen molar-refractivity contribution in [2.45, 2.75) is 46.0 Å². The lowest BCUT2D eigenvalue weighted by atomic mass is 9.87. The first kappa shape index (κ1) is 12.5. The van der Waals surface area contributed by atoms with Gasteiger partial charge in [0.05, 0.1) is 0 Å². The maximum Gasteiger partial charge on any atom is -0.0150 e. The zero-order valence-corrected chi connectivity index (χ0v) is 12.2. The maximum atomic E-state index is 2.41. The molecule has 4 aliphatic rings. The van der Waals surface area contributed by atoms with Crippen LogP contribution in [0, 0.1) is 13.8 Å². The van der Waals surface area contributed by atoms with E-state index in [2.05, 4.69) is 57.2 Å². The molecule has 0 saturated carbocycles. The third-order valence-corrected chi connectivity index (χ3v) is 4.55. The normalized spacial score (nSPS) is 18.2. The van der Waals surface area contributed by atoms with Crippen molar-refractivity contribution in [1.29, 1.82) is 0 Å². The summed E-state index contributed by atoms with van der Waals surface area (Å²) in [4.78, 5) is 0. The quantitative estimate of drug-likeness (QED) is 0.633. The van der Waals surface area contributed by atoms with Crippen LogP contribution in [0.5, 0.6) is 0 Å². The monoisotopic (exact) mass is 250 g/mol. The Morgan fingerprint density at radius 1 is 0.842 bits per heavy atom. The van der Waals surface area contributed by atoms with Gasteiger partial charge in [-0.3, -0.25) is 0 Å². The van der Waals surface area contributed by atoms with Gasteiger partial charge in [-0.1, -0.05) is 43.3 Å². The van der Waals surface area contributed by atoms with Gasteiger partial charge in [-0.15, -0.1) is 0 Å². The molecule has 0 spiro atoms. The lowest BCUT2D eigenvalue weighted by Crippen LogP contribution is -2.05. The van der Waals surface area contributed by atoms with Gasteiger partial charge in [0.2, 0.25) is 0 Å². The Kier molecular flexibility index (Phi) is 3.18. The molecule has 0 aromatic heterocycles. The molecule has 0 fully saturated rings. The molecule has 2 aromatic rings. The summed E-state index contributed by atoms with van der Waals surface area (Å²) < 4.78 is 0. The van der Waals surface area contributed by atoms with Crippen LogP contribution in [0.15, 0.2) is 36.4 Å². The van der Waals surface area contributed by atoms with Gasteiger partial charge < -0.3 is 0 Å². The van der Waals surface area contributed by atoms with Crippen molar-refractivity contribution >= 4 is 0 Å². The Labute approximate surface area is 116 Å². The topological polar surface area (TPSA) is 0 Å². The maximum absolute atomic E-state index is 2.41. The van der Waals surface area contributed by atoms with E-state index in [0.29, 0.717) is 5.92 Å². The summed E-state index contributed by atoms with van der Waals surface area (Å²) in [6.07, 6.45) is 3.45. The van der Waals surface area contributed by atoms with Crippen LogP contribution in [0.4, 0.5) is 0 Å². The van der Waals surface area contributed by atoms with Gasteiger partial charge >= 0.3 is 0 Å². The van der Waals surface area contributed by atoms with Gasteiger partial charge in [0.1, 0.15) is 0 Å². The highest BCUT2D eigenvalue weighted by Gasteiger charge is 2.12. The standard InChI is InChI=1S/C19H22/c1-13-11-19-12-14(2)18(10-15(19)3)9-6-16-4-7-17(13)8-5-16/h4-5,7-8,10,12-13H,6,9,11H2,1-3H3. The summed E-state index contributed by atoms with van der Waals surface area (Å²) in [6.45, 7) is 6.86. The van der Waals surface area contributed by atoms with E-state index < -0.39 is 0 Å². The average molecular weight is 250 g/mol. The highest BCUT2D eigenvalue weighted by molar-refractivity contribution is 5.40. The van der Waals surface area contributed by atoms with E-state index in [-0.39, 0.29) is 0 Å². The van der Waals surface area contributed by atoms with E-state index in [0.717, 1.165) is 19.3 Å². The first-order valence-electron chi connectivity index (χ1n) is 7.31. The second-order valence-corrected chi connectivity index (χ2v) is 6.05. The van der Waals surface area contributed by atoms with Crippen molar-refractivity contribution in [1.82, 2.24) is 0 Å². The molecule has 0 radical (unpaired) electrons. The van der Waals surface area contributed by atoms with Crippen LogP contribution < -0.4 is 0 Å². The molecule has 1 atom stereocenters. The van der Waals surface area contributed by atoms with Crippen molar-refractivity contribution in [3.63, 3.8) is 0 Å². The largest absolute Gasteiger partial charge is 0.0587 e. The molecule has 0 N–H and O–H groups in total. The van der Waals surface area contributed by atoms with E-state index in [1.165, 1.54) is 33.4 Å². The zero-order valence-electron chi connectivity index (χ0n) is 12.2. The fourth-order valence-electron chi connectivity index (χ4n) is 3.16. The van der Waals surface area contributed by atoms with Crippen LogP contribution >= 0.6 is 0 Å². The molecule has 0 heterocycles. The van der Waals surface area contributed by atoms with Gasteiger partial charge in [0.25, 0.3) is 0 Å². The smallest absolute Gasteiger partial charge is 0.0150 e. The molecule has 0 nitrogen and oxygen atoms in total. The van der Waals surface area contributed by atoms with Crippen molar-refractivity contribution in [3.8, 4) is 0 Å². The molecule has 6 rings (SSSR count). The van der Waals surface area contributed by atoms with Crippen molar-refractivity contribution in [2.24, 2.45) is 0 Å². The minimum absolute atomic E-state index is 0.595. The number of benzene rings is 2. The Morgan fingerprint density at radius 3 is 2.21 bits per heavy atom. The molecule has 0 aliphatic heterocycles. The van der Waals surface area contributed by atoms with E-state index in [9.17, 15) is 0 Å². The number of rotatable bonds is 0. The van der Waals surface area contributed by atoms with Gasteiger partial charge in [-0.2, -0.15) is 0 Å². The van der Waals surface area contributed by atoms with Crippen LogP contribution in [-0.2, 0) is 19.3 Å². The summed E-state index contributed by atoms with van der Waals surface area (Å²) in [5.74, 6) is 0.595. The highest BCUT2D eigenvalue weighted by Crippen LogP contribution is 2.26. The zero-order chi connectivity index (χ0) is 13.4. The number of hydrogen-bond donors (Lipinski definition) is 0. The Morgan fingerprint density at radius 2 is 1.47 bits per heavy atom. The van der Waals surface area contributed by atoms with Crippen LogP contribution in [0.2, 0.25) is 0 Å². The van der Waals surface area contributed by atoms with E-state index in [4.69, 9.17) is 0 Å². The second-order valence-electron chi connectivity index (χ2n) is 6.05. The van der Waals surface area contributed by atoms with Gasteiger partial charge in [-0.25, -0.2) is 0 Å². The number of hydrogen-bond acceptors (Lipinski definition) is 0. The molecule has 0 saturated heterocycles. The van der Waals surface area contributed by atoms with E-state index >= 15 is 0 Å². The molecular weight excluding hydrogens is 228 g/mol. The molecular formula is C19H22. The SMILES string of the molecule is Cc1cc2c(C)cc1CCc1ccc(cc1)C(C)C2. The predicted octanol–water partition coefficient (Wildman–Crippen LogP) is 4.75. The van der Waals surface area contributed by atoms with E-state index in [1.807, 2.05) is 0 Å². The second kappa shape index (κ2) is 4.85. The number of aryl methyl sites for hydroxylation is 4. The first-order chi connectivity index (χ1) is 9.13. The third-order valence-electron chi connectivity index (χ3n) is 4.55. The van der Waals surface area contributed by atoms with Gasteiger partial charge in [0, 0.05) is 0 Å². The van der Waals surface area contributed by atoms with Crippen LogP contribution in [0.1, 0.15) is 46.2 Å². The van der Waals surface area contributed by atoms with Crippen molar-refractivity contribution < 1.29 is 0 Å². The summed E-state index contributed by atoms with van der Waals surface area (Å²) in [6, 6.07) is 14.1. The van der Waals surface area contributed by atoms with Crippen molar-refractivity contribution in [2.75, 3.05) is 0 Å². The summed E-state index contributed by atoms with van der Waals surface area (Å²) in [5, 5.41) is 0. The predicted molar refractivity (Wildman–Crippen MR) is 81.9 cm³/mol. The fourth-order valence-corrected chi connectivity index (χ4v) is 3.16. The first-order valence-corrected chi connectivity index (χ1v) is 7.31. The van der Waals surface area contributed by atoms with Crippen LogP contribution in [-0.4, -0.2) is 0 Å². The molecule has 4 bridgehead atoms. The molecule has 1 unspecified atom stereocenters. The minimum Gasteiger partial charge on any atom is -0.0587 e. The van der Waals surface area contributed by atoms with E-state index in [1.54, 1.807) is 0 Å². The minimum atomic E-state index is 0.595. The lowest BCUT2D eigenvalue weighted by molar-refractivity contribution is 0.750. The van der Waals surface area contributed by atoms with Gasteiger partial charge in [-0.05, 0) is 72.4 Å². The molecule has 19 heavy (non-hydrogen) atoms. The summed E-state index contributed by atoms with van der Waals surface area (Å²) in [5.41, 5.74) is 8.87. The molecule has 4 aliphatic carbocycles. The average Bonchev–Trinajstić information content (AvgIpc) is 2.40.